The van der Waals surface area contributed by atoms with Crippen LogP contribution < -0.4 is 19.5 Å². The summed E-state index contributed by atoms with van der Waals surface area (Å²) in [5.41, 5.74) is 1.55. The van der Waals surface area contributed by atoms with Crippen molar-refractivity contribution < 1.29 is 19.0 Å². The minimum atomic E-state index is -0.454. The molecule has 0 aliphatic heterocycles. The van der Waals surface area contributed by atoms with E-state index in [9.17, 15) is 10.1 Å². The summed E-state index contributed by atoms with van der Waals surface area (Å²) in [6, 6.07) is 14.4. The molecule has 0 atom stereocenters. The first kappa shape index (κ1) is 20.6. The van der Waals surface area contributed by atoms with E-state index in [0.717, 1.165) is 11.3 Å². The van der Waals surface area contributed by atoms with Gasteiger partial charge in [-0.2, -0.15) is 5.26 Å². The van der Waals surface area contributed by atoms with Crippen molar-refractivity contribution in [2.45, 2.75) is 6.54 Å². The van der Waals surface area contributed by atoms with Crippen molar-refractivity contribution in [1.82, 2.24) is 5.32 Å². The number of hydrogen-bond acceptors (Lipinski definition) is 5. The third kappa shape index (κ3) is 5.64. The summed E-state index contributed by atoms with van der Waals surface area (Å²) in [5, 5.41) is 12.1. The maximum Gasteiger partial charge on any atom is 0.262 e. The number of carbonyl (C=O) groups excluding carboxylic acids is 1. The molecule has 0 aromatic heterocycles. The van der Waals surface area contributed by atoms with Gasteiger partial charge >= 0.3 is 0 Å². The van der Waals surface area contributed by atoms with Crippen molar-refractivity contribution in [2.24, 2.45) is 0 Å². The molecule has 0 radical (unpaired) electrons. The van der Waals surface area contributed by atoms with Crippen LogP contribution in [-0.2, 0) is 11.3 Å². The molecule has 2 aromatic carbocycles. The second-order valence-electron chi connectivity index (χ2n) is 5.71. The van der Waals surface area contributed by atoms with Gasteiger partial charge < -0.3 is 19.5 Å². The summed E-state index contributed by atoms with van der Waals surface area (Å²) in [5.74, 6) is 1.35. The number of ether oxygens (including phenoxy) is 3. The predicted molar refractivity (Wildman–Crippen MR) is 107 cm³/mol. The zero-order valence-corrected chi connectivity index (χ0v) is 15.9. The first-order chi connectivity index (χ1) is 13.6. The summed E-state index contributed by atoms with van der Waals surface area (Å²) < 4.78 is 15.9. The van der Waals surface area contributed by atoms with E-state index in [1.54, 1.807) is 31.4 Å². The maximum atomic E-state index is 12.3. The van der Waals surface area contributed by atoms with Crippen LogP contribution in [-0.4, -0.2) is 26.7 Å². The smallest absolute Gasteiger partial charge is 0.262 e. The number of hydrogen-bond donors (Lipinski definition) is 1. The van der Waals surface area contributed by atoms with Gasteiger partial charge in [0, 0.05) is 6.54 Å². The Hall–Kier alpha value is -3.72. The number of amides is 1. The topological polar surface area (TPSA) is 80.6 Å². The Morgan fingerprint density at radius 3 is 2.50 bits per heavy atom. The van der Waals surface area contributed by atoms with Crippen molar-refractivity contribution in [2.75, 3.05) is 20.8 Å². The molecular weight excluding hydrogens is 356 g/mol. The maximum absolute atomic E-state index is 12.3. The van der Waals surface area contributed by atoms with Crippen LogP contribution in [0.5, 0.6) is 17.2 Å². The summed E-state index contributed by atoms with van der Waals surface area (Å²) in [6.45, 7) is 4.26. The summed E-state index contributed by atoms with van der Waals surface area (Å²) >= 11 is 0. The first-order valence-electron chi connectivity index (χ1n) is 8.56. The van der Waals surface area contributed by atoms with Gasteiger partial charge in [-0.15, -0.1) is 0 Å². The Morgan fingerprint density at radius 2 is 1.89 bits per heavy atom. The van der Waals surface area contributed by atoms with E-state index in [0.29, 0.717) is 30.2 Å². The van der Waals surface area contributed by atoms with Crippen molar-refractivity contribution in [3.63, 3.8) is 0 Å². The van der Waals surface area contributed by atoms with Crippen LogP contribution in [0.3, 0.4) is 0 Å². The molecule has 0 unspecified atom stereocenters. The Balaban J connectivity index is 2.09. The van der Waals surface area contributed by atoms with Gasteiger partial charge in [-0.3, -0.25) is 4.79 Å². The van der Waals surface area contributed by atoms with Crippen LogP contribution in [0, 0.1) is 11.3 Å². The fraction of sp³-hybridized carbons (Fsp3) is 0.182. The quantitative estimate of drug-likeness (QED) is 0.410. The highest BCUT2D eigenvalue weighted by molar-refractivity contribution is 6.01. The van der Waals surface area contributed by atoms with Gasteiger partial charge in [0.2, 0.25) is 0 Å². The molecule has 1 amide bonds. The largest absolute Gasteiger partial charge is 0.497 e. The van der Waals surface area contributed by atoms with Crippen LogP contribution in [0.15, 0.2) is 60.7 Å². The van der Waals surface area contributed by atoms with Crippen molar-refractivity contribution in [1.29, 1.82) is 5.26 Å². The molecule has 0 heterocycles. The van der Waals surface area contributed by atoms with Crippen LogP contribution in [0.2, 0.25) is 0 Å². The first-order valence-corrected chi connectivity index (χ1v) is 8.56. The number of nitrogens with one attached hydrogen (secondary N) is 1. The second-order valence-corrected chi connectivity index (χ2v) is 5.71. The zero-order chi connectivity index (χ0) is 20.4. The van der Waals surface area contributed by atoms with Gasteiger partial charge in [0.05, 0.1) is 14.2 Å². The van der Waals surface area contributed by atoms with E-state index in [2.05, 4.69) is 11.9 Å². The normalized spacial score (nSPS) is 10.5. The third-order valence-electron chi connectivity index (χ3n) is 3.83. The molecule has 2 rings (SSSR count). The molecule has 144 valence electrons. The minimum absolute atomic E-state index is 0.00433. The molecule has 6 heteroatoms. The fourth-order valence-electron chi connectivity index (χ4n) is 2.38. The summed E-state index contributed by atoms with van der Waals surface area (Å²) in [4.78, 5) is 12.3. The Kier molecular flexibility index (Phi) is 7.67. The number of benzene rings is 2. The average molecular weight is 378 g/mol. The lowest BCUT2D eigenvalue weighted by Gasteiger charge is -2.10. The van der Waals surface area contributed by atoms with Crippen LogP contribution in [0.4, 0.5) is 0 Å². The Morgan fingerprint density at radius 1 is 1.14 bits per heavy atom. The standard InChI is InChI=1S/C22H22N2O4/c1-4-11-28-20-10-7-17(13-21(20)27-3)12-18(14-23)22(25)24-15-16-5-8-19(26-2)9-6-16/h4-10,12-13H,1,11,15H2,2-3H3,(H,24,25)/b18-12-. The highest BCUT2D eigenvalue weighted by Gasteiger charge is 2.10. The van der Waals surface area contributed by atoms with Gasteiger partial charge in [-0.25, -0.2) is 0 Å². The molecule has 0 bridgehead atoms. The molecule has 0 aliphatic carbocycles. The fourth-order valence-corrected chi connectivity index (χ4v) is 2.38. The molecule has 6 nitrogen and oxygen atoms in total. The molecule has 2 aromatic rings. The summed E-state index contributed by atoms with van der Waals surface area (Å²) in [7, 11) is 3.12. The lowest BCUT2D eigenvalue weighted by Crippen LogP contribution is -2.23. The number of rotatable bonds is 9. The van der Waals surface area contributed by atoms with E-state index in [-0.39, 0.29) is 5.57 Å². The van der Waals surface area contributed by atoms with Crippen molar-refractivity contribution in [3.05, 3.63) is 71.8 Å². The molecule has 1 N–H and O–H groups in total. The monoisotopic (exact) mass is 378 g/mol. The highest BCUT2D eigenvalue weighted by Crippen LogP contribution is 2.29. The second kappa shape index (κ2) is 10.4. The number of nitriles is 1. The van der Waals surface area contributed by atoms with Crippen LogP contribution in [0.25, 0.3) is 6.08 Å². The molecular formula is C22H22N2O4. The van der Waals surface area contributed by atoms with E-state index in [1.807, 2.05) is 30.3 Å². The third-order valence-corrected chi connectivity index (χ3v) is 3.83. The van der Waals surface area contributed by atoms with Gasteiger partial charge in [0.1, 0.15) is 24.0 Å². The number of methoxy groups -OCH3 is 2. The van der Waals surface area contributed by atoms with E-state index < -0.39 is 5.91 Å². The zero-order valence-electron chi connectivity index (χ0n) is 15.9. The number of carbonyl (C=O) groups is 1. The lowest BCUT2D eigenvalue weighted by molar-refractivity contribution is -0.117. The Bertz CT molecular complexity index is 896. The molecule has 0 fully saturated rings. The van der Waals surface area contributed by atoms with Gasteiger partial charge in [0.15, 0.2) is 11.5 Å². The van der Waals surface area contributed by atoms with Crippen LogP contribution in [0.1, 0.15) is 11.1 Å². The summed E-state index contributed by atoms with van der Waals surface area (Å²) in [6.07, 6.45) is 3.14. The van der Waals surface area contributed by atoms with Gasteiger partial charge in [-0.05, 0) is 41.5 Å². The van der Waals surface area contributed by atoms with E-state index in [4.69, 9.17) is 14.2 Å². The molecule has 0 saturated heterocycles. The minimum Gasteiger partial charge on any atom is -0.497 e. The van der Waals surface area contributed by atoms with Gasteiger partial charge in [-0.1, -0.05) is 30.9 Å². The average Bonchev–Trinajstić information content (AvgIpc) is 2.74. The molecule has 0 aliphatic rings. The molecule has 28 heavy (non-hydrogen) atoms. The molecule has 0 spiro atoms. The van der Waals surface area contributed by atoms with Crippen LogP contribution >= 0.6 is 0 Å². The van der Waals surface area contributed by atoms with Crippen molar-refractivity contribution in [3.8, 4) is 23.3 Å². The lowest BCUT2D eigenvalue weighted by atomic mass is 10.1. The van der Waals surface area contributed by atoms with Gasteiger partial charge in [0.25, 0.3) is 5.91 Å². The SMILES string of the molecule is C=CCOc1ccc(/C=C(/C#N)C(=O)NCc2ccc(OC)cc2)cc1OC. The van der Waals surface area contributed by atoms with E-state index in [1.165, 1.54) is 13.2 Å². The predicted octanol–water partition coefficient (Wildman–Crippen LogP) is 3.49. The number of nitrogens with zero attached hydrogens (tertiary/aromatic N) is 1. The van der Waals surface area contributed by atoms with E-state index >= 15 is 0 Å². The molecule has 0 saturated carbocycles. The highest BCUT2D eigenvalue weighted by atomic mass is 16.5. The Labute approximate surface area is 164 Å². The van der Waals surface area contributed by atoms with Crippen molar-refractivity contribution >= 4 is 12.0 Å².